The molecule has 1 aliphatic heterocycles. The fourth-order valence-electron chi connectivity index (χ4n) is 4.16. The summed E-state index contributed by atoms with van der Waals surface area (Å²) in [6, 6.07) is 8.13. The molecule has 26 heavy (non-hydrogen) atoms. The topological polar surface area (TPSA) is 52.2 Å². The summed E-state index contributed by atoms with van der Waals surface area (Å²) in [5.41, 5.74) is 5.64. The Morgan fingerprint density at radius 1 is 1.12 bits per heavy atom. The summed E-state index contributed by atoms with van der Waals surface area (Å²) >= 11 is 0. The molecule has 5 nitrogen and oxygen atoms in total. The van der Waals surface area contributed by atoms with Crippen LogP contribution in [0.2, 0.25) is 0 Å². The minimum absolute atomic E-state index is 0.0595. The molecule has 0 spiro atoms. The average Bonchev–Trinajstić information content (AvgIpc) is 3.28. The van der Waals surface area contributed by atoms with Crippen molar-refractivity contribution in [3.8, 4) is 0 Å². The van der Waals surface area contributed by atoms with Crippen LogP contribution in [-0.4, -0.2) is 46.0 Å². The van der Waals surface area contributed by atoms with Gasteiger partial charge in [0, 0.05) is 24.8 Å². The number of carbonyl (C=O) groups excluding carboxylic acids is 1. The highest BCUT2D eigenvalue weighted by atomic mass is 16.2. The Hall–Kier alpha value is -2.14. The molecular weight excluding hydrogens is 324 g/mol. The lowest BCUT2D eigenvalue weighted by Crippen LogP contribution is -2.29. The van der Waals surface area contributed by atoms with Gasteiger partial charge in [0.2, 0.25) is 0 Å². The molecule has 1 amide bonds. The molecule has 2 heterocycles. The van der Waals surface area contributed by atoms with Gasteiger partial charge in [0.1, 0.15) is 0 Å². The van der Waals surface area contributed by atoms with Crippen molar-refractivity contribution >= 4 is 5.91 Å². The maximum atomic E-state index is 12.7. The fourth-order valence-corrected chi connectivity index (χ4v) is 4.16. The highest BCUT2D eigenvalue weighted by Gasteiger charge is 2.21. The number of hydrogen-bond acceptors (Lipinski definition) is 3. The van der Waals surface area contributed by atoms with Gasteiger partial charge >= 0.3 is 0 Å². The van der Waals surface area contributed by atoms with Gasteiger partial charge in [0.05, 0.1) is 12.2 Å². The van der Waals surface area contributed by atoms with Crippen LogP contribution in [0.15, 0.2) is 24.3 Å². The van der Waals surface area contributed by atoms with Crippen LogP contribution in [0.5, 0.6) is 0 Å². The second kappa shape index (κ2) is 7.62. The predicted octanol–water partition coefficient (Wildman–Crippen LogP) is 3.16. The zero-order valence-corrected chi connectivity index (χ0v) is 15.6. The SMILES string of the molecule is CN(Cc1n[nH]c2c1CCC2)C(=O)c1ccc(CN2CCCCC2)cc1. The van der Waals surface area contributed by atoms with E-state index >= 15 is 0 Å². The maximum absolute atomic E-state index is 12.7. The van der Waals surface area contributed by atoms with Crippen LogP contribution in [-0.2, 0) is 25.9 Å². The number of likely N-dealkylation sites (tertiary alicyclic amines) is 1. The predicted molar refractivity (Wildman–Crippen MR) is 102 cm³/mol. The average molecular weight is 352 g/mol. The van der Waals surface area contributed by atoms with Gasteiger partial charge in [-0.3, -0.25) is 14.8 Å². The third-order valence-electron chi connectivity index (χ3n) is 5.68. The van der Waals surface area contributed by atoms with E-state index in [1.54, 1.807) is 4.90 Å². The van der Waals surface area contributed by atoms with Crippen LogP contribution in [0, 0.1) is 0 Å². The minimum Gasteiger partial charge on any atom is -0.336 e. The van der Waals surface area contributed by atoms with E-state index < -0.39 is 0 Å². The molecule has 1 saturated heterocycles. The number of nitrogens with one attached hydrogen (secondary N) is 1. The van der Waals surface area contributed by atoms with Crippen LogP contribution in [0.3, 0.4) is 0 Å². The van der Waals surface area contributed by atoms with Crippen LogP contribution in [0.4, 0.5) is 0 Å². The number of aromatic amines is 1. The van der Waals surface area contributed by atoms with E-state index in [0.29, 0.717) is 6.54 Å². The first kappa shape index (κ1) is 17.3. The molecule has 1 N–H and O–H groups in total. The summed E-state index contributed by atoms with van der Waals surface area (Å²) in [6.45, 7) is 3.94. The number of aromatic nitrogens is 2. The van der Waals surface area contributed by atoms with Gasteiger partial charge in [0.15, 0.2) is 0 Å². The number of benzene rings is 1. The molecule has 5 heteroatoms. The highest BCUT2D eigenvalue weighted by molar-refractivity contribution is 5.94. The van der Waals surface area contributed by atoms with E-state index in [1.807, 2.05) is 19.2 Å². The van der Waals surface area contributed by atoms with Crippen molar-refractivity contribution in [2.75, 3.05) is 20.1 Å². The number of rotatable bonds is 5. The molecule has 0 unspecified atom stereocenters. The number of amides is 1. The summed E-state index contributed by atoms with van der Waals surface area (Å²) in [7, 11) is 1.86. The molecule has 0 bridgehead atoms. The van der Waals surface area contributed by atoms with E-state index in [9.17, 15) is 4.79 Å². The molecule has 2 aromatic rings. The quantitative estimate of drug-likeness (QED) is 0.899. The normalized spacial score (nSPS) is 17.3. The van der Waals surface area contributed by atoms with E-state index in [1.165, 1.54) is 55.6 Å². The molecule has 0 saturated carbocycles. The van der Waals surface area contributed by atoms with Gasteiger partial charge in [-0.2, -0.15) is 5.10 Å². The standard InChI is InChI=1S/C21H28N4O/c1-24(15-20-18-6-5-7-19(18)22-23-20)21(26)17-10-8-16(9-11-17)14-25-12-3-2-4-13-25/h8-11H,2-7,12-15H2,1H3,(H,22,23). The third kappa shape index (κ3) is 3.68. The van der Waals surface area contributed by atoms with E-state index in [2.05, 4.69) is 27.2 Å². The van der Waals surface area contributed by atoms with Crippen molar-refractivity contribution in [2.24, 2.45) is 0 Å². The van der Waals surface area contributed by atoms with E-state index in [0.717, 1.165) is 30.6 Å². The van der Waals surface area contributed by atoms with E-state index in [4.69, 9.17) is 0 Å². The molecule has 4 rings (SSSR count). The second-order valence-electron chi connectivity index (χ2n) is 7.68. The van der Waals surface area contributed by atoms with Gasteiger partial charge < -0.3 is 4.90 Å². The number of carbonyl (C=O) groups is 1. The van der Waals surface area contributed by atoms with Gasteiger partial charge in [-0.1, -0.05) is 18.6 Å². The molecule has 1 aromatic heterocycles. The van der Waals surface area contributed by atoms with Crippen LogP contribution in [0.25, 0.3) is 0 Å². The largest absolute Gasteiger partial charge is 0.336 e. The lowest BCUT2D eigenvalue weighted by Gasteiger charge is -2.26. The fraction of sp³-hybridized carbons (Fsp3) is 0.524. The Morgan fingerprint density at radius 2 is 1.88 bits per heavy atom. The number of hydrogen-bond donors (Lipinski definition) is 1. The van der Waals surface area contributed by atoms with Crippen LogP contribution >= 0.6 is 0 Å². The Morgan fingerprint density at radius 3 is 2.65 bits per heavy atom. The summed E-state index contributed by atoms with van der Waals surface area (Å²) in [5.74, 6) is 0.0595. The zero-order valence-electron chi connectivity index (χ0n) is 15.6. The number of nitrogens with zero attached hydrogens (tertiary/aromatic N) is 3. The van der Waals surface area contributed by atoms with Crippen molar-refractivity contribution in [2.45, 2.75) is 51.6 Å². The lowest BCUT2D eigenvalue weighted by atomic mass is 10.1. The maximum Gasteiger partial charge on any atom is 0.253 e. The molecular formula is C21H28N4O. The molecule has 0 radical (unpaired) electrons. The molecule has 1 fully saturated rings. The first-order chi connectivity index (χ1) is 12.7. The first-order valence-electron chi connectivity index (χ1n) is 9.82. The van der Waals surface area contributed by atoms with Gasteiger partial charge in [0.25, 0.3) is 5.91 Å². The smallest absolute Gasteiger partial charge is 0.253 e. The molecule has 0 atom stereocenters. The van der Waals surface area contributed by atoms with Gasteiger partial charge in [-0.25, -0.2) is 0 Å². The summed E-state index contributed by atoms with van der Waals surface area (Å²) in [6.07, 6.45) is 7.31. The van der Waals surface area contributed by atoms with Crippen molar-refractivity contribution in [1.29, 1.82) is 0 Å². The third-order valence-corrected chi connectivity index (χ3v) is 5.68. The van der Waals surface area contributed by atoms with Gasteiger partial charge in [-0.15, -0.1) is 0 Å². The lowest BCUT2D eigenvalue weighted by molar-refractivity contribution is 0.0783. The Kier molecular flexibility index (Phi) is 5.07. The number of piperidine rings is 1. The molecule has 1 aromatic carbocycles. The number of fused-ring (bicyclic) bond motifs is 1. The van der Waals surface area contributed by atoms with Crippen molar-refractivity contribution in [3.63, 3.8) is 0 Å². The van der Waals surface area contributed by atoms with Gasteiger partial charge in [-0.05, 0) is 68.5 Å². The summed E-state index contributed by atoms with van der Waals surface area (Å²) in [4.78, 5) is 17.0. The molecule has 1 aliphatic carbocycles. The van der Waals surface area contributed by atoms with Crippen LogP contribution in [0.1, 0.15) is 58.6 Å². The van der Waals surface area contributed by atoms with Crippen LogP contribution < -0.4 is 0 Å². The monoisotopic (exact) mass is 352 g/mol. The minimum atomic E-state index is 0.0595. The molecule has 138 valence electrons. The summed E-state index contributed by atoms with van der Waals surface area (Å²) in [5, 5.41) is 7.53. The number of aryl methyl sites for hydroxylation is 1. The highest BCUT2D eigenvalue weighted by Crippen LogP contribution is 2.24. The Labute approximate surface area is 155 Å². The zero-order chi connectivity index (χ0) is 17.9. The Balaban J connectivity index is 1.37. The van der Waals surface area contributed by atoms with Crippen molar-refractivity contribution < 1.29 is 4.79 Å². The second-order valence-corrected chi connectivity index (χ2v) is 7.68. The van der Waals surface area contributed by atoms with E-state index in [-0.39, 0.29) is 5.91 Å². The van der Waals surface area contributed by atoms with Crippen molar-refractivity contribution in [3.05, 3.63) is 52.3 Å². The number of H-pyrrole nitrogens is 1. The van der Waals surface area contributed by atoms with Crippen molar-refractivity contribution in [1.82, 2.24) is 20.0 Å². The summed E-state index contributed by atoms with van der Waals surface area (Å²) < 4.78 is 0. The Bertz CT molecular complexity index is 759. The first-order valence-corrected chi connectivity index (χ1v) is 9.82. The molecule has 2 aliphatic rings.